The van der Waals surface area contributed by atoms with Crippen molar-refractivity contribution in [2.24, 2.45) is 0 Å². The molecule has 7 heteroatoms. The van der Waals surface area contributed by atoms with Gasteiger partial charge in [-0.25, -0.2) is 4.79 Å². The highest BCUT2D eigenvalue weighted by Gasteiger charge is 2.20. The van der Waals surface area contributed by atoms with Gasteiger partial charge in [-0.2, -0.15) is 0 Å². The Hall–Kier alpha value is -2.95. The van der Waals surface area contributed by atoms with Crippen LogP contribution in [0.2, 0.25) is 0 Å². The molecule has 182 valence electrons. The number of aromatic hydroxyl groups is 1. The molecule has 0 aromatic heterocycles. The van der Waals surface area contributed by atoms with Crippen molar-refractivity contribution < 1.29 is 28.8 Å². The highest BCUT2D eigenvalue weighted by atomic mass is 79.9. The van der Waals surface area contributed by atoms with E-state index in [0.29, 0.717) is 29.7 Å². The predicted octanol–water partition coefficient (Wildman–Crippen LogP) is 6.05. The molecule has 0 saturated carbocycles. The van der Waals surface area contributed by atoms with Crippen LogP contribution < -0.4 is 9.47 Å². The van der Waals surface area contributed by atoms with Crippen LogP contribution in [0.15, 0.2) is 53.0 Å². The summed E-state index contributed by atoms with van der Waals surface area (Å²) in [6.45, 7) is 2.26. The van der Waals surface area contributed by atoms with Gasteiger partial charge in [0.05, 0.1) is 26.9 Å². The van der Waals surface area contributed by atoms with E-state index in [0.717, 1.165) is 24.2 Å². The third kappa shape index (κ3) is 8.77. The molecular formula is C27H31BrO6. The maximum absolute atomic E-state index is 12.5. The number of hydrogen-bond acceptors (Lipinski definition) is 6. The number of methoxy groups -OCH3 is 2. The summed E-state index contributed by atoms with van der Waals surface area (Å²) in [4.78, 5) is 12.5. The minimum atomic E-state index is -0.616. The normalized spacial score (nSPS) is 12.7. The van der Waals surface area contributed by atoms with Crippen LogP contribution in [0.25, 0.3) is 0 Å². The fourth-order valence-corrected chi connectivity index (χ4v) is 3.76. The molecule has 0 aliphatic rings. The second-order valence-electron chi connectivity index (χ2n) is 7.68. The van der Waals surface area contributed by atoms with E-state index in [-0.39, 0.29) is 17.4 Å². The number of benzene rings is 2. The van der Waals surface area contributed by atoms with Gasteiger partial charge in [0.25, 0.3) is 0 Å². The molecule has 0 radical (unpaired) electrons. The molecule has 0 bridgehead atoms. The van der Waals surface area contributed by atoms with E-state index in [2.05, 4.69) is 21.9 Å². The van der Waals surface area contributed by atoms with E-state index in [1.807, 2.05) is 36.4 Å². The number of unbranched alkanes of at least 4 members (excludes halogenated alkanes) is 1. The summed E-state index contributed by atoms with van der Waals surface area (Å²) < 4.78 is 22.2. The van der Waals surface area contributed by atoms with Crippen molar-refractivity contribution in [1.29, 1.82) is 0 Å². The summed E-state index contributed by atoms with van der Waals surface area (Å²) in [5.41, 5.74) is 1.11. The largest absolute Gasteiger partial charge is 0.507 e. The van der Waals surface area contributed by atoms with Crippen molar-refractivity contribution in [1.82, 2.24) is 0 Å². The molecule has 1 N–H and O–H groups in total. The van der Waals surface area contributed by atoms with Crippen LogP contribution in [0, 0.1) is 12.3 Å². The summed E-state index contributed by atoms with van der Waals surface area (Å²) >= 11 is 3.28. The summed E-state index contributed by atoms with van der Waals surface area (Å²) in [6, 6.07) is 10.7. The van der Waals surface area contributed by atoms with E-state index < -0.39 is 12.1 Å². The molecule has 34 heavy (non-hydrogen) atoms. The van der Waals surface area contributed by atoms with E-state index in [1.165, 1.54) is 13.2 Å². The molecule has 2 rings (SSSR count). The standard InChI is InChI=1S/C27H31BrO6/c1-5-6-7-10-22(33-18-20-12-14-21(31-3)15-13-20)11-8-9-19(2)34-27(30)26-24(28)16-23(32-4)17-25(26)29/h1,8,11-17,19,22,29H,6-7,9-10,18H2,2-4H3/b11-8-/t19-,22?/m1/s1. The Labute approximate surface area is 210 Å². The molecule has 0 spiro atoms. The van der Waals surface area contributed by atoms with Crippen LogP contribution >= 0.6 is 15.9 Å². The molecule has 2 aromatic carbocycles. The van der Waals surface area contributed by atoms with Gasteiger partial charge in [0.15, 0.2) is 0 Å². The average molecular weight is 531 g/mol. The molecule has 0 saturated heterocycles. The van der Waals surface area contributed by atoms with Gasteiger partial charge in [0.1, 0.15) is 28.9 Å². The number of ether oxygens (including phenoxy) is 4. The summed E-state index contributed by atoms with van der Waals surface area (Å²) in [7, 11) is 3.11. The topological polar surface area (TPSA) is 74.2 Å². The first-order chi connectivity index (χ1) is 16.4. The minimum absolute atomic E-state index is 0.0617. The fourth-order valence-electron chi connectivity index (χ4n) is 3.17. The first-order valence-corrected chi connectivity index (χ1v) is 11.8. The zero-order chi connectivity index (χ0) is 24.9. The van der Waals surface area contributed by atoms with Gasteiger partial charge in [0, 0.05) is 23.4 Å². The van der Waals surface area contributed by atoms with E-state index in [4.69, 9.17) is 25.4 Å². The van der Waals surface area contributed by atoms with Gasteiger partial charge in [-0.3, -0.25) is 0 Å². The van der Waals surface area contributed by atoms with Crippen LogP contribution in [-0.2, 0) is 16.1 Å². The molecule has 0 heterocycles. The van der Waals surface area contributed by atoms with Gasteiger partial charge in [0.2, 0.25) is 0 Å². The second kappa shape index (κ2) is 14.3. The Morgan fingerprint density at radius 1 is 1.18 bits per heavy atom. The Bertz CT molecular complexity index is 970. The maximum Gasteiger partial charge on any atom is 0.343 e. The molecule has 0 aliphatic heterocycles. The van der Waals surface area contributed by atoms with Crippen LogP contribution in [-0.4, -0.2) is 37.5 Å². The first-order valence-electron chi connectivity index (χ1n) is 11.0. The van der Waals surface area contributed by atoms with Gasteiger partial charge < -0.3 is 24.1 Å². The number of phenolic OH excluding ortho intramolecular Hbond substituents is 1. The SMILES string of the molecule is C#CCCCC(/C=C\C[C@@H](C)OC(=O)c1c(O)cc(OC)cc1Br)OCc1ccc(OC)cc1. The van der Waals surface area contributed by atoms with Crippen molar-refractivity contribution in [3.05, 3.63) is 64.1 Å². The highest BCUT2D eigenvalue weighted by molar-refractivity contribution is 9.10. The van der Waals surface area contributed by atoms with Gasteiger partial charge in [-0.1, -0.05) is 24.3 Å². The number of halogens is 1. The molecule has 6 nitrogen and oxygen atoms in total. The molecule has 1 unspecified atom stereocenters. The van der Waals surface area contributed by atoms with Crippen LogP contribution in [0.5, 0.6) is 17.2 Å². The van der Waals surface area contributed by atoms with E-state index >= 15 is 0 Å². The van der Waals surface area contributed by atoms with Crippen molar-refractivity contribution in [3.63, 3.8) is 0 Å². The summed E-state index contributed by atoms with van der Waals surface area (Å²) in [5, 5.41) is 10.2. The number of carbonyl (C=O) groups is 1. The third-order valence-corrected chi connectivity index (χ3v) is 5.67. The Morgan fingerprint density at radius 3 is 2.50 bits per heavy atom. The molecule has 2 atom stereocenters. The zero-order valence-electron chi connectivity index (χ0n) is 19.8. The molecule has 0 amide bonds. The molecular weight excluding hydrogens is 500 g/mol. The van der Waals surface area contributed by atoms with Crippen molar-refractivity contribution in [2.45, 2.75) is 51.4 Å². The Morgan fingerprint density at radius 2 is 1.88 bits per heavy atom. The smallest absolute Gasteiger partial charge is 0.343 e. The van der Waals surface area contributed by atoms with E-state index in [9.17, 15) is 9.90 Å². The number of carbonyl (C=O) groups excluding carboxylic acids is 1. The monoisotopic (exact) mass is 530 g/mol. The first kappa shape index (κ1) is 27.3. The number of terminal acetylenes is 1. The second-order valence-corrected chi connectivity index (χ2v) is 8.53. The van der Waals surface area contributed by atoms with Gasteiger partial charge in [-0.15, -0.1) is 12.3 Å². The molecule has 2 aromatic rings. The number of rotatable bonds is 13. The lowest BCUT2D eigenvalue weighted by Gasteiger charge is -2.16. The summed E-state index contributed by atoms with van der Waals surface area (Å²) in [5.74, 6) is 3.06. The maximum atomic E-state index is 12.5. The fraction of sp³-hybridized carbons (Fsp3) is 0.370. The van der Waals surface area contributed by atoms with Crippen molar-refractivity contribution in [3.8, 4) is 29.6 Å². The quantitative estimate of drug-likeness (QED) is 0.147. The number of esters is 1. The van der Waals surface area contributed by atoms with Crippen molar-refractivity contribution in [2.75, 3.05) is 14.2 Å². The third-order valence-electron chi connectivity index (χ3n) is 5.04. The Kier molecular flexibility index (Phi) is 11.5. The minimum Gasteiger partial charge on any atom is -0.507 e. The zero-order valence-corrected chi connectivity index (χ0v) is 21.3. The molecule has 0 fully saturated rings. The number of hydrogen-bond donors (Lipinski definition) is 1. The number of phenols is 1. The van der Waals surface area contributed by atoms with Crippen molar-refractivity contribution >= 4 is 21.9 Å². The highest BCUT2D eigenvalue weighted by Crippen LogP contribution is 2.32. The van der Waals surface area contributed by atoms with Gasteiger partial charge in [-0.05, 0) is 59.5 Å². The van der Waals surface area contributed by atoms with Gasteiger partial charge >= 0.3 is 5.97 Å². The lowest BCUT2D eigenvalue weighted by molar-refractivity contribution is 0.0341. The lowest BCUT2D eigenvalue weighted by atomic mass is 10.1. The van der Waals surface area contributed by atoms with Crippen LogP contribution in [0.1, 0.15) is 48.5 Å². The van der Waals surface area contributed by atoms with Crippen LogP contribution in [0.4, 0.5) is 0 Å². The average Bonchev–Trinajstić information content (AvgIpc) is 2.82. The van der Waals surface area contributed by atoms with E-state index in [1.54, 1.807) is 20.1 Å². The summed E-state index contributed by atoms with van der Waals surface area (Å²) in [6.07, 6.45) is 11.6. The lowest BCUT2D eigenvalue weighted by Crippen LogP contribution is -2.15. The Balaban J connectivity index is 1.93. The predicted molar refractivity (Wildman–Crippen MR) is 135 cm³/mol. The molecule has 0 aliphatic carbocycles. The van der Waals surface area contributed by atoms with Crippen LogP contribution in [0.3, 0.4) is 0 Å².